The largest absolute Gasteiger partial charge is 0.573 e. The first-order valence-corrected chi connectivity index (χ1v) is 10.2. The van der Waals surface area contributed by atoms with Gasteiger partial charge in [-0.15, -0.1) is 13.2 Å². The van der Waals surface area contributed by atoms with Crippen LogP contribution in [0.1, 0.15) is 29.2 Å². The van der Waals surface area contributed by atoms with Crippen molar-refractivity contribution in [2.45, 2.75) is 38.0 Å². The van der Waals surface area contributed by atoms with E-state index in [0.29, 0.717) is 35.2 Å². The van der Waals surface area contributed by atoms with E-state index in [-0.39, 0.29) is 11.8 Å². The molecule has 0 fully saturated rings. The summed E-state index contributed by atoms with van der Waals surface area (Å²) in [6.45, 7) is -3.63. The molecule has 0 saturated heterocycles. The number of nitrogens with one attached hydrogen (secondary N) is 1. The highest BCUT2D eigenvalue weighted by molar-refractivity contribution is 5.76. The van der Waals surface area contributed by atoms with Crippen molar-refractivity contribution in [3.8, 4) is 16.9 Å². The Morgan fingerprint density at radius 1 is 0.882 bits per heavy atom. The predicted octanol–water partition coefficient (Wildman–Crippen LogP) is 7.64. The number of rotatable bonds is 6. The molecule has 1 aliphatic rings. The van der Waals surface area contributed by atoms with Crippen LogP contribution in [0.25, 0.3) is 11.1 Å². The summed E-state index contributed by atoms with van der Waals surface area (Å²) in [6.07, 6.45) is -7.97. The standard InChI is InChI=1S/C24H18F7NO2/c25-22(26)34-23(27,28)16-6-1-5-15(12-16)20-11-10-19-18(8-3-9-21(19)32-20)14-4-2-7-17(13-14)33-24(29,30)31/h1-9,12-13,20,22,32H,10-11H2/t20-/m1/s1. The number of ether oxygens (including phenoxy) is 2. The average molecular weight is 485 g/mol. The minimum absolute atomic E-state index is 0.340. The topological polar surface area (TPSA) is 30.5 Å². The molecule has 0 unspecified atom stereocenters. The fourth-order valence-corrected chi connectivity index (χ4v) is 4.04. The van der Waals surface area contributed by atoms with Gasteiger partial charge in [0, 0.05) is 5.69 Å². The molecule has 0 aromatic heterocycles. The minimum Gasteiger partial charge on any atom is -0.406 e. The first kappa shape index (κ1) is 23.9. The monoisotopic (exact) mass is 485 g/mol. The molecule has 0 saturated carbocycles. The Kier molecular flexibility index (Phi) is 6.44. The molecule has 1 heterocycles. The Hall–Kier alpha value is -3.27. The van der Waals surface area contributed by atoms with Crippen molar-refractivity contribution in [2.24, 2.45) is 0 Å². The Morgan fingerprint density at radius 3 is 2.35 bits per heavy atom. The Labute approximate surface area is 190 Å². The molecule has 0 spiro atoms. The normalized spacial score (nSPS) is 16.2. The molecule has 0 radical (unpaired) electrons. The molecule has 4 rings (SSSR count). The van der Waals surface area contributed by atoms with Gasteiger partial charge in [0.05, 0.1) is 11.6 Å². The maximum absolute atomic E-state index is 14.0. The third-order valence-corrected chi connectivity index (χ3v) is 5.43. The maximum atomic E-state index is 14.0. The van der Waals surface area contributed by atoms with E-state index >= 15 is 0 Å². The van der Waals surface area contributed by atoms with Gasteiger partial charge in [-0.3, -0.25) is 4.74 Å². The number of hydrogen-bond donors (Lipinski definition) is 1. The molecular formula is C24H18F7NO2. The second kappa shape index (κ2) is 9.17. The van der Waals surface area contributed by atoms with Crippen LogP contribution in [0.4, 0.5) is 36.4 Å². The molecule has 1 atom stereocenters. The van der Waals surface area contributed by atoms with Crippen molar-refractivity contribution in [1.29, 1.82) is 0 Å². The Morgan fingerprint density at radius 2 is 1.62 bits per heavy atom. The second-order valence-corrected chi connectivity index (χ2v) is 7.66. The molecule has 0 bridgehead atoms. The Bertz CT molecular complexity index is 1160. The molecule has 1 aliphatic heterocycles. The number of alkyl halides is 7. The molecule has 10 heteroatoms. The fourth-order valence-electron chi connectivity index (χ4n) is 4.04. The van der Waals surface area contributed by atoms with Gasteiger partial charge in [-0.25, -0.2) is 0 Å². The molecular weight excluding hydrogens is 467 g/mol. The van der Waals surface area contributed by atoms with Crippen LogP contribution in [0.3, 0.4) is 0 Å². The van der Waals surface area contributed by atoms with Gasteiger partial charge in [0.15, 0.2) is 0 Å². The first-order valence-electron chi connectivity index (χ1n) is 10.2. The third kappa shape index (κ3) is 5.44. The fraction of sp³-hybridized carbons (Fsp3) is 0.250. The van der Waals surface area contributed by atoms with E-state index in [1.54, 1.807) is 30.3 Å². The molecule has 180 valence electrons. The molecule has 1 N–H and O–H groups in total. The summed E-state index contributed by atoms with van der Waals surface area (Å²) in [4.78, 5) is 0. The number of benzene rings is 3. The van der Waals surface area contributed by atoms with Crippen molar-refractivity contribution >= 4 is 5.69 Å². The van der Waals surface area contributed by atoms with E-state index in [1.807, 2.05) is 0 Å². The lowest BCUT2D eigenvalue weighted by atomic mass is 9.88. The number of hydrogen-bond acceptors (Lipinski definition) is 3. The zero-order valence-corrected chi connectivity index (χ0v) is 17.4. The van der Waals surface area contributed by atoms with Crippen LogP contribution in [-0.4, -0.2) is 13.0 Å². The van der Waals surface area contributed by atoms with Crippen molar-refractivity contribution < 1.29 is 40.2 Å². The summed E-state index contributed by atoms with van der Waals surface area (Å²) in [5.74, 6) is -0.340. The smallest absolute Gasteiger partial charge is 0.406 e. The quantitative estimate of drug-likeness (QED) is 0.364. The van der Waals surface area contributed by atoms with Crippen LogP contribution >= 0.6 is 0 Å². The molecule has 0 amide bonds. The summed E-state index contributed by atoms with van der Waals surface area (Å²) in [6, 6.07) is 15.6. The predicted molar refractivity (Wildman–Crippen MR) is 111 cm³/mol. The Balaban J connectivity index is 1.59. The second-order valence-electron chi connectivity index (χ2n) is 7.66. The van der Waals surface area contributed by atoms with E-state index in [4.69, 9.17) is 0 Å². The molecule has 3 aromatic rings. The van der Waals surface area contributed by atoms with Crippen LogP contribution < -0.4 is 10.1 Å². The van der Waals surface area contributed by atoms with Crippen molar-refractivity contribution in [1.82, 2.24) is 0 Å². The van der Waals surface area contributed by atoms with Gasteiger partial charge >= 0.3 is 19.1 Å². The van der Waals surface area contributed by atoms with Crippen LogP contribution in [0, 0.1) is 0 Å². The molecule has 3 aromatic carbocycles. The minimum atomic E-state index is -4.81. The van der Waals surface area contributed by atoms with Crippen molar-refractivity contribution in [3.05, 3.63) is 83.4 Å². The SMILES string of the molecule is FC(F)OC(F)(F)c1cccc([C@H]2CCc3c(cccc3-c3cccc(OC(F)(F)F)c3)N2)c1. The summed E-state index contributed by atoms with van der Waals surface area (Å²) in [7, 11) is 0. The molecule has 3 nitrogen and oxygen atoms in total. The van der Waals surface area contributed by atoms with Crippen LogP contribution in [0.15, 0.2) is 66.7 Å². The lowest BCUT2D eigenvalue weighted by Gasteiger charge is -2.30. The maximum Gasteiger partial charge on any atom is 0.573 e. The highest BCUT2D eigenvalue weighted by Crippen LogP contribution is 2.40. The molecule has 34 heavy (non-hydrogen) atoms. The lowest BCUT2D eigenvalue weighted by Crippen LogP contribution is -2.23. The summed E-state index contributed by atoms with van der Waals surface area (Å²) in [5.41, 5.74) is 2.56. The summed E-state index contributed by atoms with van der Waals surface area (Å²) in [5, 5.41) is 3.25. The number of anilines is 1. The zero-order chi connectivity index (χ0) is 24.5. The van der Waals surface area contributed by atoms with Crippen LogP contribution in [-0.2, 0) is 17.3 Å². The summed E-state index contributed by atoms with van der Waals surface area (Å²) < 4.78 is 97.9. The highest BCUT2D eigenvalue weighted by Gasteiger charge is 2.37. The van der Waals surface area contributed by atoms with Gasteiger partial charge < -0.3 is 10.1 Å². The third-order valence-electron chi connectivity index (χ3n) is 5.43. The van der Waals surface area contributed by atoms with Crippen LogP contribution in [0.2, 0.25) is 0 Å². The van der Waals surface area contributed by atoms with Gasteiger partial charge in [-0.2, -0.15) is 17.6 Å². The van der Waals surface area contributed by atoms with Gasteiger partial charge in [0.2, 0.25) is 0 Å². The van der Waals surface area contributed by atoms with E-state index < -0.39 is 24.6 Å². The van der Waals surface area contributed by atoms with Crippen molar-refractivity contribution in [2.75, 3.05) is 5.32 Å². The molecule has 0 aliphatic carbocycles. The zero-order valence-electron chi connectivity index (χ0n) is 17.4. The lowest BCUT2D eigenvalue weighted by molar-refractivity contribution is -0.328. The van der Waals surface area contributed by atoms with Gasteiger partial charge in [0.1, 0.15) is 5.75 Å². The summed E-state index contributed by atoms with van der Waals surface area (Å²) >= 11 is 0. The van der Waals surface area contributed by atoms with Crippen molar-refractivity contribution in [3.63, 3.8) is 0 Å². The van der Waals surface area contributed by atoms with Gasteiger partial charge in [-0.1, -0.05) is 42.5 Å². The van der Waals surface area contributed by atoms with E-state index in [2.05, 4.69) is 14.8 Å². The average Bonchev–Trinajstić information content (AvgIpc) is 2.76. The first-order chi connectivity index (χ1) is 16.0. The van der Waals surface area contributed by atoms with E-state index in [9.17, 15) is 30.7 Å². The number of halogens is 7. The van der Waals surface area contributed by atoms with Gasteiger partial charge in [0.25, 0.3) is 0 Å². The van der Waals surface area contributed by atoms with E-state index in [1.165, 1.54) is 24.3 Å². The van der Waals surface area contributed by atoms with Crippen LogP contribution in [0.5, 0.6) is 5.75 Å². The van der Waals surface area contributed by atoms with Gasteiger partial charge in [-0.05, 0) is 59.4 Å². The highest BCUT2D eigenvalue weighted by atomic mass is 19.4. The van der Waals surface area contributed by atoms with E-state index in [0.717, 1.165) is 17.7 Å². The number of fused-ring (bicyclic) bond motifs is 1.